The van der Waals surface area contributed by atoms with Gasteiger partial charge in [-0.25, -0.2) is 9.37 Å². The topological polar surface area (TPSA) is 42.0 Å². The van der Waals surface area contributed by atoms with E-state index in [-0.39, 0.29) is 26.6 Å². The van der Waals surface area contributed by atoms with Crippen molar-refractivity contribution in [3.8, 4) is 0 Å². The third-order valence-corrected chi connectivity index (χ3v) is 3.03. The Morgan fingerprint density at radius 3 is 2.58 bits per heavy atom. The molecule has 1 aromatic carbocycles. The molecule has 0 bridgehead atoms. The summed E-state index contributed by atoms with van der Waals surface area (Å²) in [7, 11) is 0. The highest BCUT2D eigenvalue weighted by molar-refractivity contribution is 6.35. The maximum atomic E-state index is 13.6. The van der Waals surface area contributed by atoms with E-state index in [4.69, 9.17) is 34.8 Å². The normalized spacial score (nSPS) is 10.3. The number of nitrogens with zero attached hydrogens (tertiary/aromatic N) is 1. The third kappa shape index (κ3) is 3.15. The zero-order valence-electron chi connectivity index (χ0n) is 9.25. The molecule has 0 saturated carbocycles. The standard InChI is InChI=1S/C12H6Cl3FN2O/c13-6-2-1-3-8(10(6)16)17-12(19)11-7(14)4-5-9(15)18-11/h1-5H,(H,17,19). The van der Waals surface area contributed by atoms with Gasteiger partial charge in [0.25, 0.3) is 5.91 Å². The number of benzene rings is 1. The minimum atomic E-state index is -0.726. The molecular weight excluding hydrogens is 314 g/mol. The van der Waals surface area contributed by atoms with Gasteiger partial charge in [0, 0.05) is 0 Å². The minimum absolute atomic E-state index is 0.0599. The van der Waals surface area contributed by atoms with Gasteiger partial charge in [0.1, 0.15) is 10.8 Å². The van der Waals surface area contributed by atoms with E-state index in [0.717, 1.165) is 0 Å². The summed E-state index contributed by atoms with van der Waals surface area (Å²) in [6.07, 6.45) is 0. The van der Waals surface area contributed by atoms with E-state index in [1.54, 1.807) is 0 Å². The summed E-state index contributed by atoms with van der Waals surface area (Å²) in [5.74, 6) is -1.40. The Labute approximate surface area is 123 Å². The van der Waals surface area contributed by atoms with Crippen molar-refractivity contribution in [3.05, 3.63) is 57.0 Å². The maximum Gasteiger partial charge on any atom is 0.275 e. The summed E-state index contributed by atoms with van der Waals surface area (Å²) in [5, 5.41) is 2.46. The number of hydrogen-bond donors (Lipinski definition) is 1. The van der Waals surface area contributed by atoms with Gasteiger partial charge >= 0.3 is 0 Å². The number of carbonyl (C=O) groups excluding carboxylic acids is 1. The molecule has 3 nitrogen and oxygen atoms in total. The van der Waals surface area contributed by atoms with Crippen LogP contribution in [-0.2, 0) is 0 Å². The van der Waals surface area contributed by atoms with Crippen molar-refractivity contribution in [2.75, 3.05) is 5.32 Å². The van der Waals surface area contributed by atoms with Crippen LogP contribution in [-0.4, -0.2) is 10.9 Å². The molecular formula is C12H6Cl3FN2O. The first kappa shape index (κ1) is 14.1. The second-order valence-corrected chi connectivity index (χ2v) is 4.72. The van der Waals surface area contributed by atoms with Crippen molar-refractivity contribution in [3.63, 3.8) is 0 Å². The quantitative estimate of drug-likeness (QED) is 0.832. The highest BCUT2D eigenvalue weighted by atomic mass is 35.5. The molecule has 19 heavy (non-hydrogen) atoms. The lowest BCUT2D eigenvalue weighted by Crippen LogP contribution is -2.15. The molecule has 0 spiro atoms. The molecule has 1 aromatic heterocycles. The Kier molecular flexibility index (Phi) is 4.24. The summed E-state index contributed by atoms with van der Waals surface area (Å²) in [5.41, 5.74) is -0.149. The number of nitrogens with one attached hydrogen (secondary N) is 1. The van der Waals surface area contributed by atoms with Crippen LogP contribution in [0.15, 0.2) is 30.3 Å². The molecule has 7 heteroatoms. The van der Waals surface area contributed by atoms with Gasteiger partial charge in [-0.3, -0.25) is 4.79 Å². The highest BCUT2D eigenvalue weighted by Crippen LogP contribution is 2.23. The number of rotatable bonds is 2. The maximum absolute atomic E-state index is 13.6. The second kappa shape index (κ2) is 5.74. The SMILES string of the molecule is O=C(Nc1cccc(Cl)c1F)c1nc(Cl)ccc1Cl. The Balaban J connectivity index is 2.31. The lowest BCUT2D eigenvalue weighted by atomic mass is 10.2. The first-order valence-electron chi connectivity index (χ1n) is 5.06. The monoisotopic (exact) mass is 318 g/mol. The molecule has 0 saturated heterocycles. The highest BCUT2D eigenvalue weighted by Gasteiger charge is 2.15. The van der Waals surface area contributed by atoms with Crippen molar-refractivity contribution in [2.45, 2.75) is 0 Å². The summed E-state index contributed by atoms with van der Waals surface area (Å²) < 4.78 is 13.6. The van der Waals surface area contributed by atoms with Crippen molar-refractivity contribution < 1.29 is 9.18 Å². The molecule has 2 aromatic rings. The fraction of sp³-hybridized carbons (Fsp3) is 0. The largest absolute Gasteiger partial charge is 0.318 e. The fourth-order valence-corrected chi connectivity index (χ4v) is 1.87. The molecule has 0 radical (unpaired) electrons. The second-order valence-electron chi connectivity index (χ2n) is 3.52. The first-order chi connectivity index (χ1) is 8.99. The molecule has 1 heterocycles. The predicted octanol–water partition coefficient (Wildman–Crippen LogP) is 4.43. The number of aromatic nitrogens is 1. The Morgan fingerprint density at radius 1 is 1.11 bits per heavy atom. The van der Waals surface area contributed by atoms with Crippen molar-refractivity contribution in [1.29, 1.82) is 0 Å². The number of carbonyl (C=O) groups is 1. The van der Waals surface area contributed by atoms with Crippen LogP contribution in [0.2, 0.25) is 15.2 Å². The zero-order chi connectivity index (χ0) is 14.0. The number of halogens is 4. The van der Waals surface area contributed by atoms with Crippen molar-refractivity contribution in [1.82, 2.24) is 4.98 Å². The average molecular weight is 320 g/mol. The first-order valence-corrected chi connectivity index (χ1v) is 6.20. The van der Waals surface area contributed by atoms with Gasteiger partial charge in [-0.15, -0.1) is 0 Å². The lowest BCUT2D eigenvalue weighted by Gasteiger charge is -2.08. The molecule has 0 aliphatic carbocycles. The van der Waals surface area contributed by atoms with Gasteiger partial charge in [-0.05, 0) is 24.3 Å². The van der Waals surface area contributed by atoms with E-state index in [1.165, 1.54) is 30.3 Å². The molecule has 0 aliphatic rings. The van der Waals surface area contributed by atoms with E-state index in [0.29, 0.717) is 0 Å². The molecule has 1 amide bonds. The molecule has 0 fully saturated rings. The van der Waals surface area contributed by atoms with E-state index in [2.05, 4.69) is 10.3 Å². The Hall–Kier alpha value is -1.36. The molecule has 0 unspecified atom stereocenters. The molecule has 0 aliphatic heterocycles. The van der Waals surface area contributed by atoms with E-state index >= 15 is 0 Å². The zero-order valence-corrected chi connectivity index (χ0v) is 11.5. The molecule has 0 atom stereocenters. The number of amides is 1. The van der Waals surface area contributed by atoms with Gasteiger partial charge < -0.3 is 5.32 Å². The summed E-state index contributed by atoms with van der Waals surface area (Å²) in [4.78, 5) is 15.7. The number of anilines is 1. The van der Waals surface area contributed by atoms with Crippen molar-refractivity contribution in [2.24, 2.45) is 0 Å². The lowest BCUT2D eigenvalue weighted by molar-refractivity contribution is 0.102. The van der Waals surface area contributed by atoms with Gasteiger partial charge in [-0.1, -0.05) is 40.9 Å². The van der Waals surface area contributed by atoms with Crippen LogP contribution in [0.3, 0.4) is 0 Å². The third-order valence-electron chi connectivity index (χ3n) is 2.23. The Morgan fingerprint density at radius 2 is 1.84 bits per heavy atom. The molecule has 1 N–H and O–H groups in total. The predicted molar refractivity (Wildman–Crippen MR) is 73.6 cm³/mol. The summed E-state index contributed by atoms with van der Waals surface area (Å²) in [6, 6.07) is 7.13. The van der Waals surface area contributed by atoms with E-state index in [9.17, 15) is 9.18 Å². The number of pyridine rings is 1. The fourth-order valence-electron chi connectivity index (χ4n) is 1.36. The van der Waals surface area contributed by atoms with Crippen LogP contribution >= 0.6 is 34.8 Å². The van der Waals surface area contributed by atoms with Crippen LogP contribution in [0.25, 0.3) is 0 Å². The average Bonchev–Trinajstić information content (AvgIpc) is 2.38. The summed E-state index contributed by atoms with van der Waals surface area (Å²) in [6.45, 7) is 0. The van der Waals surface area contributed by atoms with Crippen LogP contribution in [0.1, 0.15) is 10.5 Å². The van der Waals surface area contributed by atoms with Crippen LogP contribution < -0.4 is 5.32 Å². The molecule has 98 valence electrons. The van der Waals surface area contributed by atoms with Gasteiger partial charge in [-0.2, -0.15) is 0 Å². The minimum Gasteiger partial charge on any atom is -0.318 e. The van der Waals surface area contributed by atoms with Gasteiger partial charge in [0.05, 0.1) is 15.7 Å². The van der Waals surface area contributed by atoms with Crippen LogP contribution in [0, 0.1) is 5.82 Å². The Bertz CT molecular complexity index is 649. The smallest absolute Gasteiger partial charge is 0.275 e. The van der Waals surface area contributed by atoms with Crippen LogP contribution in [0.5, 0.6) is 0 Å². The van der Waals surface area contributed by atoms with Crippen LogP contribution in [0.4, 0.5) is 10.1 Å². The van der Waals surface area contributed by atoms with Crippen molar-refractivity contribution >= 4 is 46.4 Å². The molecule has 2 rings (SSSR count). The van der Waals surface area contributed by atoms with E-state index in [1.807, 2.05) is 0 Å². The number of hydrogen-bond acceptors (Lipinski definition) is 2. The van der Waals surface area contributed by atoms with E-state index < -0.39 is 11.7 Å². The summed E-state index contributed by atoms with van der Waals surface area (Å²) >= 11 is 17.1. The van der Waals surface area contributed by atoms with Gasteiger partial charge in [0.15, 0.2) is 5.82 Å². The van der Waals surface area contributed by atoms with Gasteiger partial charge in [0.2, 0.25) is 0 Å².